The minimum Gasteiger partial charge on any atom is -0.507 e. The normalized spacial score (nSPS) is 18.2. The van der Waals surface area contributed by atoms with Gasteiger partial charge in [-0.05, 0) is 55.2 Å². The van der Waals surface area contributed by atoms with Crippen LogP contribution in [0, 0.1) is 0 Å². The van der Waals surface area contributed by atoms with Crippen LogP contribution in [0.5, 0.6) is 11.5 Å². The van der Waals surface area contributed by atoms with Gasteiger partial charge in [-0.2, -0.15) is 13.2 Å². The van der Waals surface area contributed by atoms with Gasteiger partial charge in [-0.3, -0.25) is 14.7 Å². The maximum atomic E-state index is 13.4. The number of aromatic hydroxyl groups is 1. The molecule has 220 valence electrons. The highest BCUT2D eigenvalue weighted by molar-refractivity contribution is 6.06. The van der Waals surface area contributed by atoms with Crippen molar-refractivity contribution in [1.29, 1.82) is 0 Å². The Morgan fingerprint density at radius 2 is 1.78 bits per heavy atom. The highest BCUT2D eigenvalue weighted by Crippen LogP contribution is 2.37. The Bertz CT molecular complexity index is 1380. The molecule has 3 aromatic rings. The van der Waals surface area contributed by atoms with Gasteiger partial charge >= 0.3 is 6.18 Å². The first-order chi connectivity index (χ1) is 19.2. The van der Waals surface area contributed by atoms with Crippen LogP contribution in [0.1, 0.15) is 56.1 Å². The number of ether oxygens (including phenoxy) is 2. The van der Waals surface area contributed by atoms with Crippen molar-refractivity contribution in [3.63, 3.8) is 0 Å². The molecule has 0 unspecified atom stereocenters. The second-order valence-electron chi connectivity index (χ2n) is 11.4. The molecule has 2 atom stereocenters. The molecular formula is C31H36F3N3O4. The van der Waals surface area contributed by atoms with Gasteiger partial charge in [0.2, 0.25) is 0 Å². The number of hydrogen-bond acceptors (Lipinski definition) is 6. The SMILES string of the molecule is C[C@@H]1CN(CCOc2cc(NC(=O)c3ccc(-c4ncccc4C(F)(F)F)cc3O)ccc2C(C)(C)C)C[C@H](C)O1. The predicted octanol–water partition coefficient (Wildman–Crippen LogP) is 6.51. The van der Waals surface area contributed by atoms with E-state index in [1.807, 2.05) is 6.07 Å². The summed E-state index contributed by atoms with van der Waals surface area (Å²) in [7, 11) is 0. The Morgan fingerprint density at radius 1 is 1.07 bits per heavy atom. The number of anilines is 1. The van der Waals surface area contributed by atoms with Gasteiger partial charge in [0, 0.05) is 43.1 Å². The Morgan fingerprint density at radius 3 is 2.41 bits per heavy atom. The molecular weight excluding hydrogens is 535 g/mol. The van der Waals surface area contributed by atoms with Gasteiger partial charge in [-0.1, -0.05) is 32.9 Å². The number of nitrogens with zero attached hydrogens (tertiary/aromatic N) is 2. The molecule has 1 aliphatic heterocycles. The lowest BCUT2D eigenvalue weighted by atomic mass is 9.86. The number of pyridine rings is 1. The van der Waals surface area contributed by atoms with Crippen molar-refractivity contribution in [2.75, 3.05) is 31.6 Å². The Kier molecular flexibility index (Phi) is 8.94. The van der Waals surface area contributed by atoms with Crippen LogP contribution in [0.4, 0.5) is 18.9 Å². The van der Waals surface area contributed by atoms with Crippen LogP contribution in [0.2, 0.25) is 0 Å². The summed E-state index contributed by atoms with van der Waals surface area (Å²) in [5.41, 5.74) is -0.0864. The average molecular weight is 572 g/mol. The van der Waals surface area contributed by atoms with Crippen molar-refractivity contribution in [2.24, 2.45) is 0 Å². The first-order valence-electron chi connectivity index (χ1n) is 13.5. The molecule has 0 spiro atoms. The molecule has 1 saturated heterocycles. The molecule has 0 bridgehead atoms. The van der Waals surface area contributed by atoms with Crippen molar-refractivity contribution in [3.05, 3.63) is 71.4 Å². The van der Waals surface area contributed by atoms with Crippen molar-refractivity contribution in [1.82, 2.24) is 9.88 Å². The van der Waals surface area contributed by atoms with Crippen LogP contribution >= 0.6 is 0 Å². The van der Waals surface area contributed by atoms with Crippen LogP contribution in [-0.2, 0) is 16.3 Å². The number of amides is 1. The van der Waals surface area contributed by atoms with E-state index in [2.05, 4.69) is 49.8 Å². The van der Waals surface area contributed by atoms with Gasteiger partial charge in [0.05, 0.1) is 29.0 Å². The number of carbonyl (C=O) groups is 1. The fourth-order valence-electron chi connectivity index (χ4n) is 5.02. The maximum Gasteiger partial charge on any atom is 0.418 e. The van der Waals surface area contributed by atoms with Crippen LogP contribution < -0.4 is 10.1 Å². The average Bonchev–Trinajstić information content (AvgIpc) is 2.87. The minimum absolute atomic E-state index is 0.0428. The summed E-state index contributed by atoms with van der Waals surface area (Å²) in [6, 6.07) is 11.2. The molecule has 1 amide bonds. The lowest BCUT2D eigenvalue weighted by Gasteiger charge is -2.35. The molecule has 4 rings (SSSR count). The number of aromatic nitrogens is 1. The van der Waals surface area contributed by atoms with E-state index in [0.29, 0.717) is 18.0 Å². The van der Waals surface area contributed by atoms with Gasteiger partial charge in [0.15, 0.2) is 0 Å². The van der Waals surface area contributed by atoms with Gasteiger partial charge in [0.1, 0.15) is 18.1 Å². The van der Waals surface area contributed by atoms with E-state index in [4.69, 9.17) is 9.47 Å². The van der Waals surface area contributed by atoms with Crippen molar-refractivity contribution in [2.45, 2.75) is 58.4 Å². The van der Waals surface area contributed by atoms with Crippen LogP contribution in [0.3, 0.4) is 0 Å². The molecule has 1 fully saturated rings. The third-order valence-corrected chi connectivity index (χ3v) is 6.84. The zero-order valence-electron chi connectivity index (χ0n) is 23.9. The smallest absolute Gasteiger partial charge is 0.418 e. The van der Waals surface area contributed by atoms with Crippen LogP contribution in [-0.4, -0.2) is 59.3 Å². The van der Waals surface area contributed by atoms with Crippen LogP contribution in [0.25, 0.3) is 11.3 Å². The highest BCUT2D eigenvalue weighted by atomic mass is 19.4. The number of alkyl halides is 3. The van der Waals surface area contributed by atoms with Gasteiger partial charge in [0.25, 0.3) is 5.91 Å². The standard InChI is InChI=1S/C31H36F3N3O4/c1-19-17-37(18-20(2)41-19)13-14-40-27-16-22(9-11-24(27)30(3,4)5)36-29(39)23-10-8-21(15-26(23)38)28-25(31(32,33)34)7-6-12-35-28/h6-12,15-16,19-20,38H,13-14,17-18H2,1-5H3,(H,36,39)/t19-,20+. The third kappa shape index (κ3) is 7.56. The zero-order valence-corrected chi connectivity index (χ0v) is 23.9. The highest BCUT2D eigenvalue weighted by Gasteiger charge is 2.34. The first-order valence-corrected chi connectivity index (χ1v) is 13.5. The largest absolute Gasteiger partial charge is 0.507 e. The Balaban J connectivity index is 1.50. The summed E-state index contributed by atoms with van der Waals surface area (Å²) < 4.78 is 52.3. The first kappa shape index (κ1) is 30.3. The lowest BCUT2D eigenvalue weighted by Crippen LogP contribution is -2.46. The molecule has 41 heavy (non-hydrogen) atoms. The van der Waals surface area contributed by atoms with Gasteiger partial charge in [-0.15, -0.1) is 0 Å². The van der Waals surface area contributed by atoms with Gasteiger partial charge in [-0.25, -0.2) is 0 Å². The molecule has 1 aliphatic rings. The van der Waals surface area contributed by atoms with E-state index >= 15 is 0 Å². The fraction of sp³-hybridized carbons (Fsp3) is 0.419. The molecule has 1 aromatic heterocycles. The Hall–Kier alpha value is -3.63. The topological polar surface area (TPSA) is 83.9 Å². The number of morpholine rings is 1. The van der Waals surface area contributed by atoms with E-state index < -0.39 is 23.4 Å². The number of benzene rings is 2. The minimum atomic E-state index is -4.62. The number of phenols is 1. The lowest BCUT2D eigenvalue weighted by molar-refractivity contribution is -0.137. The van der Waals surface area contributed by atoms with Crippen molar-refractivity contribution >= 4 is 11.6 Å². The summed E-state index contributed by atoms with van der Waals surface area (Å²) in [4.78, 5) is 19.2. The van der Waals surface area contributed by atoms with E-state index in [-0.39, 0.29) is 34.4 Å². The summed E-state index contributed by atoms with van der Waals surface area (Å²) in [5.74, 6) is -0.438. The molecule has 10 heteroatoms. The van der Waals surface area contributed by atoms with Crippen molar-refractivity contribution in [3.8, 4) is 22.8 Å². The number of rotatable bonds is 7. The van der Waals surface area contributed by atoms with Crippen molar-refractivity contribution < 1.29 is 32.5 Å². The van der Waals surface area contributed by atoms with Crippen LogP contribution in [0.15, 0.2) is 54.7 Å². The number of hydrogen-bond donors (Lipinski definition) is 2. The zero-order chi connectivity index (χ0) is 29.9. The number of nitrogens with one attached hydrogen (secondary N) is 1. The predicted molar refractivity (Wildman–Crippen MR) is 151 cm³/mol. The van der Waals surface area contributed by atoms with E-state index in [9.17, 15) is 23.1 Å². The fourth-order valence-corrected chi connectivity index (χ4v) is 5.02. The molecule has 0 radical (unpaired) electrons. The maximum absolute atomic E-state index is 13.4. The molecule has 7 nitrogen and oxygen atoms in total. The molecule has 2 N–H and O–H groups in total. The molecule has 2 heterocycles. The number of carbonyl (C=O) groups excluding carboxylic acids is 1. The molecule has 2 aromatic carbocycles. The Labute approximate surface area is 238 Å². The summed E-state index contributed by atoms with van der Waals surface area (Å²) >= 11 is 0. The van der Waals surface area contributed by atoms with E-state index in [0.717, 1.165) is 37.3 Å². The third-order valence-electron chi connectivity index (χ3n) is 6.84. The second-order valence-corrected chi connectivity index (χ2v) is 11.4. The number of phenolic OH excluding ortho intramolecular Hbond substituents is 1. The van der Waals surface area contributed by atoms with Gasteiger partial charge < -0.3 is 19.9 Å². The van der Waals surface area contributed by atoms with E-state index in [1.165, 1.54) is 24.4 Å². The molecule has 0 aliphatic carbocycles. The summed E-state index contributed by atoms with van der Waals surface area (Å²) in [6.45, 7) is 13.2. The molecule has 0 saturated carbocycles. The number of halogens is 3. The monoisotopic (exact) mass is 571 g/mol. The summed E-state index contributed by atoms with van der Waals surface area (Å²) in [6.07, 6.45) is -3.06. The second kappa shape index (κ2) is 12.1. The quantitative estimate of drug-likeness (QED) is 0.336. The summed E-state index contributed by atoms with van der Waals surface area (Å²) in [5, 5.41) is 13.3. The van der Waals surface area contributed by atoms with E-state index in [1.54, 1.807) is 12.1 Å².